The van der Waals surface area contributed by atoms with E-state index in [0.717, 1.165) is 12.8 Å². The predicted molar refractivity (Wildman–Crippen MR) is 110 cm³/mol. The normalized spacial score (nSPS) is 26.5. The van der Waals surface area contributed by atoms with Gasteiger partial charge in [-0.2, -0.15) is 5.26 Å². The van der Waals surface area contributed by atoms with E-state index in [4.69, 9.17) is 11.0 Å². The number of pyridine rings is 1. The van der Waals surface area contributed by atoms with Crippen LogP contribution in [0, 0.1) is 17.1 Å². The molecule has 0 amide bonds. The number of hydrogen-bond acceptors (Lipinski definition) is 6. The molecule has 0 saturated heterocycles. The van der Waals surface area contributed by atoms with Crippen molar-refractivity contribution in [3.8, 4) is 17.2 Å². The standard InChI is InChI=1S/C20H21FN6OS/c1-20(13-29(28)25-6-2-3-7-27(29)19(23)26-20)17-9-15(4-5-18(17)21)16-8-14(10-22)11-24-12-16/h4-5,8-9,11-12H,2-3,6-7,13H2,1H3,(H2,23,26)/t20-,29-/m0/s1. The second kappa shape index (κ2) is 7.12. The van der Waals surface area contributed by atoms with Gasteiger partial charge in [0.05, 0.1) is 17.9 Å². The smallest absolute Gasteiger partial charge is 0.204 e. The van der Waals surface area contributed by atoms with Crippen molar-refractivity contribution in [2.75, 3.05) is 18.8 Å². The molecule has 7 nitrogen and oxygen atoms in total. The Bertz CT molecular complexity index is 1160. The van der Waals surface area contributed by atoms with E-state index in [1.54, 1.807) is 35.6 Å². The lowest BCUT2D eigenvalue weighted by Gasteiger charge is -2.38. The van der Waals surface area contributed by atoms with E-state index >= 15 is 0 Å². The van der Waals surface area contributed by atoms with E-state index < -0.39 is 21.3 Å². The summed E-state index contributed by atoms with van der Waals surface area (Å²) in [6.45, 7) is 2.76. The number of hydrogen-bond donors (Lipinski definition) is 1. The molecule has 0 radical (unpaired) electrons. The summed E-state index contributed by atoms with van der Waals surface area (Å²) in [6, 6.07) is 8.38. The highest BCUT2D eigenvalue weighted by molar-refractivity contribution is 7.92. The Morgan fingerprint density at radius 2 is 2.10 bits per heavy atom. The Hall–Kier alpha value is -2.99. The number of halogens is 1. The minimum Gasteiger partial charge on any atom is -0.369 e. The number of nitriles is 1. The van der Waals surface area contributed by atoms with Crippen LogP contribution in [0.5, 0.6) is 0 Å². The van der Waals surface area contributed by atoms with Crippen LogP contribution in [0.25, 0.3) is 11.1 Å². The molecule has 2 aliphatic heterocycles. The first-order chi connectivity index (χ1) is 13.8. The Morgan fingerprint density at radius 3 is 2.90 bits per heavy atom. The molecule has 4 rings (SSSR count). The fourth-order valence-corrected chi connectivity index (χ4v) is 6.29. The largest absolute Gasteiger partial charge is 0.369 e. The Labute approximate surface area is 169 Å². The molecular formula is C20H21FN6OS. The summed E-state index contributed by atoms with van der Waals surface area (Å²) < 4.78 is 34.5. The number of benzene rings is 1. The van der Waals surface area contributed by atoms with Gasteiger partial charge in [-0.1, -0.05) is 6.07 Å². The second-order valence-corrected chi connectivity index (χ2v) is 9.63. The monoisotopic (exact) mass is 412 g/mol. The summed E-state index contributed by atoms with van der Waals surface area (Å²) in [5.74, 6) is -0.257. The Morgan fingerprint density at radius 1 is 1.28 bits per heavy atom. The van der Waals surface area contributed by atoms with Gasteiger partial charge in [0, 0.05) is 30.1 Å². The summed E-state index contributed by atoms with van der Waals surface area (Å²) in [5, 5.41) is 9.11. The lowest BCUT2D eigenvalue weighted by molar-refractivity contribution is 0.464. The van der Waals surface area contributed by atoms with Crippen molar-refractivity contribution in [2.24, 2.45) is 15.1 Å². The number of aromatic nitrogens is 1. The number of guanidine groups is 1. The molecule has 2 atom stereocenters. The zero-order valence-electron chi connectivity index (χ0n) is 16.0. The molecule has 150 valence electrons. The maximum absolute atomic E-state index is 14.9. The molecule has 1 aromatic heterocycles. The summed E-state index contributed by atoms with van der Waals surface area (Å²) in [4.78, 5) is 8.63. The summed E-state index contributed by atoms with van der Waals surface area (Å²) in [6.07, 6.45) is 4.75. The molecule has 1 aromatic carbocycles. The summed E-state index contributed by atoms with van der Waals surface area (Å²) in [7, 11) is -2.80. The minimum absolute atomic E-state index is 0.0670. The first-order valence-corrected chi connectivity index (χ1v) is 11.0. The number of aliphatic imine (C=N–C) groups is 1. The molecule has 0 spiro atoms. The van der Waals surface area contributed by atoms with Gasteiger partial charge < -0.3 is 5.73 Å². The van der Waals surface area contributed by atoms with Crippen molar-refractivity contribution in [1.82, 2.24) is 9.29 Å². The van der Waals surface area contributed by atoms with E-state index in [-0.39, 0.29) is 11.7 Å². The van der Waals surface area contributed by atoms with Crippen molar-refractivity contribution in [1.29, 1.82) is 5.26 Å². The fraction of sp³-hybridized carbons (Fsp3) is 0.350. The molecule has 9 heteroatoms. The third-order valence-corrected chi connectivity index (χ3v) is 7.82. The predicted octanol–water partition coefficient (Wildman–Crippen LogP) is 2.78. The number of fused-ring (bicyclic) bond motifs is 1. The quantitative estimate of drug-likeness (QED) is 0.818. The maximum atomic E-state index is 14.9. The summed E-state index contributed by atoms with van der Waals surface area (Å²) >= 11 is 0. The highest BCUT2D eigenvalue weighted by Crippen LogP contribution is 2.37. The van der Waals surface area contributed by atoms with Crippen LogP contribution in [0.4, 0.5) is 4.39 Å². The van der Waals surface area contributed by atoms with Gasteiger partial charge >= 0.3 is 0 Å². The van der Waals surface area contributed by atoms with Crippen LogP contribution in [0.1, 0.15) is 30.9 Å². The molecule has 0 aliphatic carbocycles. The zero-order valence-corrected chi connectivity index (χ0v) is 16.8. The van der Waals surface area contributed by atoms with Crippen molar-refractivity contribution >= 4 is 15.9 Å². The zero-order chi connectivity index (χ0) is 20.6. The average Bonchev–Trinajstić information content (AvgIpc) is 2.89. The van der Waals surface area contributed by atoms with Crippen LogP contribution in [-0.2, 0) is 15.5 Å². The fourth-order valence-electron chi connectivity index (χ4n) is 3.79. The average molecular weight is 412 g/mol. The number of nitrogens with two attached hydrogens (primary N) is 1. The number of rotatable bonds is 2. The maximum Gasteiger partial charge on any atom is 0.204 e. The van der Waals surface area contributed by atoms with Gasteiger partial charge in [0.25, 0.3) is 0 Å². The summed E-state index contributed by atoms with van der Waals surface area (Å²) in [5.41, 5.74) is 7.13. The van der Waals surface area contributed by atoms with Gasteiger partial charge in [-0.15, -0.1) is 0 Å². The molecule has 2 aromatic rings. The van der Waals surface area contributed by atoms with Crippen molar-refractivity contribution in [2.45, 2.75) is 25.3 Å². The van der Waals surface area contributed by atoms with Crippen molar-refractivity contribution < 1.29 is 8.60 Å². The topological polar surface area (TPSA) is 108 Å². The molecule has 2 aliphatic rings. The second-order valence-electron chi connectivity index (χ2n) is 7.43. The first kappa shape index (κ1) is 19.3. The third kappa shape index (κ3) is 3.44. The van der Waals surface area contributed by atoms with Gasteiger partial charge in [0.2, 0.25) is 5.96 Å². The highest BCUT2D eigenvalue weighted by Gasteiger charge is 2.42. The van der Waals surface area contributed by atoms with Crippen LogP contribution in [0.15, 0.2) is 46.0 Å². The highest BCUT2D eigenvalue weighted by atomic mass is 32.2. The van der Waals surface area contributed by atoms with Crippen LogP contribution >= 0.6 is 0 Å². The third-order valence-electron chi connectivity index (χ3n) is 5.24. The lowest BCUT2D eigenvalue weighted by atomic mass is 9.91. The van der Waals surface area contributed by atoms with Crippen LogP contribution < -0.4 is 5.73 Å². The van der Waals surface area contributed by atoms with Gasteiger partial charge in [-0.3, -0.25) is 9.29 Å². The van der Waals surface area contributed by atoms with E-state index in [2.05, 4.69) is 20.4 Å². The molecule has 0 fully saturated rings. The van der Waals surface area contributed by atoms with E-state index in [9.17, 15) is 8.60 Å². The van der Waals surface area contributed by atoms with Gasteiger partial charge in [-0.25, -0.2) is 18.0 Å². The molecular weight excluding hydrogens is 391 g/mol. The molecule has 3 heterocycles. The minimum atomic E-state index is -2.80. The Balaban J connectivity index is 1.84. The van der Waals surface area contributed by atoms with Gasteiger partial charge in [0.1, 0.15) is 27.3 Å². The van der Waals surface area contributed by atoms with Gasteiger partial charge in [0.15, 0.2) is 0 Å². The Kier molecular flexibility index (Phi) is 4.74. The molecule has 2 N–H and O–H groups in total. The number of nitrogens with zero attached hydrogens (tertiary/aromatic N) is 5. The van der Waals surface area contributed by atoms with Crippen LogP contribution in [-0.4, -0.2) is 38.3 Å². The van der Waals surface area contributed by atoms with Crippen molar-refractivity contribution in [3.63, 3.8) is 0 Å². The van der Waals surface area contributed by atoms with E-state index in [1.165, 1.54) is 12.3 Å². The SMILES string of the molecule is C[C@@]1(c2cc(-c3cncc(C#N)c3)ccc2F)C[S@]2(=O)=NCCCCN2C(N)=N1. The van der Waals surface area contributed by atoms with Crippen LogP contribution in [0.2, 0.25) is 0 Å². The first-order valence-electron chi connectivity index (χ1n) is 9.34. The van der Waals surface area contributed by atoms with Crippen molar-refractivity contribution in [3.05, 3.63) is 53.6 Å². The molecule has 0 unspecified atom stereocenters. The lowest BCUT2D eigenvalue weighted by Crippen LogP contribution is -2.52. The molecule has 29 heavy (non-hydrogen) atoms. The van der Waals surface area contributed by atoms with E-state index in [1.807, 2.05) is 0 Å². The van der Waals surface area contributed by atoms with E-state index in [0.29, 0.717) is 35.3 Å². The molecule has 0 saturated carbocycles. The van der Waals surface area contributed by atoms with Gasteiger partial charge in [-0.05, 0) is 43.5 Å². The molecule has 0 bridgehead atoms. The van der Waals surface area contributed by atoms with Crippen LogP contribution in [0.3, 0.4) is 0 Å².